The fourth-order valence-electron chi connectivity index (χ4n) is 4.55. The molecule has 1 saturated heterocycles. The van der Waals surface area contributed by atoms with Gasteiger partial charge in [-0.1, -0.05) is 37.9 Å². The Morgan fingerprint density at radius 1 is 1.08 bits per heavy atom. The lowest BCUT2D eigenvalue weighted by molar-refractivity contribution is 0.231. The number of H-pyrrole nitrogens is 1. The summed E-state index contributed by atoms with van der Waals surface area (Å²) in [6.07, 6.45) is 7.22. The maximum atomic E-state index is 6.25. The molecule has 5 rings (SSSR count). The molecule has 1 aliphatic heterocycles. The van der Waals surface area contributed by atoms with Crippen LogP contribution in [0.1, 0.15) is 50.1 Å². The van der Waals surface area contributed by atoms with Gasteiger partial charge in [0.25, 0.3) is 0 Å². The summed E-state index contributed by atoms with van der Waals surface area (Å²) in [5.41, 5.74) is 4.93. The molecule has 2 aromatic carbocycles. The van der Waals surface area contributed by atoms with Crippen LogP contribution in [0.25, 0.3) is 22.6 Å². The van der Waals surface area contributed by atoms with Crippen molar-refractivity contribution in [2.75, 3.05) is 26.2 Å². The van der Waals surface area contributed by atoms with Gasteiger partial charge in [0.15, 0.2) is 11.7 Å². The van der Waals surface area contributed by atoms with Crippen LogP contribution < -0.4 is 4.74 Å². The molecule has 0 bridgehead atoms. The Hall–Kier alpha value is -2.54. The molecule has 1 fully saturated rings. The van der Waals surface area contributed by atoms with Gasteiger partial charge in [-0.05, 0) is 74.2 Å². The van der Waals surface area contributed by atoms with E-state index in [0.717, 1.165) is 35.3 Å². The Bertz CT molecular complexity index is 1280. The van der Waals surface area contributed by atoms with Gasteiger partial charge in [-0.15, -0.1) is 12.4 Å². The molecular weight excluding hydrogens is 495 g/mol. The molecule has 36 heavy (non-hydrogen) atoms. The number of nitrogens with one attached hydrogen (secondary N) is 1. The molecule has 8 heteroatoms. The number of halogens is 2. The van der Waals surface area contributed by atoms with Gasteiger partial charge in [0, 0.05) is 17.1 Å². The van der Waals surface area contributed by atoms with Crippen LogP contribution in [-0.2, 0) is 12.8 Å². The summed E-state index contributed by atoms with van der Waals surface area (Å²) in [5, 5.41) is 0.664. The molecule has 2 aromatic heterocycles. The highest BCUT2D eigenvalue weighted by Gasteiger charge is 2.15. The van der Waals surface area contributed by atoms with Crippen LogP contribution in [0.15, 0.2) is 47.1 Å². The number of benzene rings is 2. The molecule has 4 aromatic rings. The molecule has 0 unspecified atom stereocenters. The van der Waals surface area contributed by atoms with Crippen LogP contribution >= 0.6 is 24.0 Å². The third-order valence-corrected chi connectivity index (χ3v) is 6.68. The van der Waals surface area contributed by atoms with Gasteiger partial charge in [0.05, 0.1) is 24.1 Å². The number of ether oxygens (including phenoxy) is 1. The third kappa shape index (κ3) is 6.61. The SMILES string of the molecule is CC(C)COc1ccc(Cl)cc1Cc1nc(-c2nc3cc(CCN4CCCCC4)ccc3[nH]2)co1.Cl. The third-order valence-electron chi connectivity index (χ3n) is 6.44. The molecule has 0 spiro atoms. The van der Waals surface area contributed by atoms with Gasteiger partial charge in [0.1, 0.15) is 17.7 Å². The summed E-state index contributed by atoms with van der Waals surface area (Å²) in [5.74, 6) is 2.55. The summed E-state index contributed by atoms with van der Waals surface area (Å²) >= 11 is 6.25. The lowest BCUT2D eigenvalue weighted by Crippen LogP contribution is -2.31. The van der Waals surface area contributed by atoms with Crippen molar-refractivity contribution in [1.82, 2.24) is 19.9 Å². The summed E-state index contributed by atoms with van der Waals surface area (Å²) in [4.78, 5) is 15.4. The van der Waals surface area contributed by atoms with Crippen molar-refractivity contribution < 1.29 is 9.15 Å². The van der Waals surface area contributed by atoms with Crippen molar-refractivity contribution in [1.29, 1.82) is 0 Å². The van der Waals surface area contributed by atoms with Gasteiger partial charge in [-0.2, -0.15) is 0 Å². The van der Waals surface area contributed by atoms with Gasteiger partial charge < -0.3 is 19.0 Å². The van der Waals surface area contributed by atoms with Crippen LogP contribution in [0.3, 0.4) is 0 Å². The largest absolute Gasteiger partial charge is 0.493 e. The first-order chi connectivity index (χ1) is 17.0. The van der Waals surface area contributed by atoms with E-state index in [1.54, 1.807) is 6.26 Å². The minimum Gasteiger partial charge on any atom is -0.493 e. The van der Waals surface area contributed by atoms with Gasteiger partial charge in [-0.25, -0.2) is 9.97 Å². The summed E-state index contributed by atoms with van der Waals surface area (Å²) < 4.78 is 11.8. The van der Waals surface area contributed by atoms with E-state index in [4.69, 9.17) is 30.7 Å². The van der Waals surface area contributed by atoms with E-state index in [1.165, 1.54) is 37.9 Å². The summed E-state index contributed by atoms with van der Waals surface area (Å²) in [7, 11) is 0. The maximum absolute atomic E-state index is 6.25. The lowest BCUT2D eigenvalue weighted by Gasteiger charge is -2.26. The highest BCUT2D eigenvalue weighted by atomic mass is 35.5. The summed E-state index contributed by atoms with van der Waals surface area (Å²) in [6.45, 7) is 8.46. The highest BCUT2D eigenvalue weighted by Crippen LogP contribution is 2.27. The Morgan fingerprint density at radius 3 is 2.72 bits per heavy atom. The second-order valence-electron chi connectivity index (χ2n) is 9.85. The van der Waals surface area contributed by atoms with Gasteiger partial charge >= 0.3 is 0 Å². The Kier molecular flexibility index (Phi) is 8.94. The molecular formula is C28H34Cl2N4O2. The number of hydrogen-bond donors (Lipinski definition) is 1. The van der Waals surface area contributed by atoms with Crippen LogP contribution in [0.5, 0.6) is 5.75 Å². The minimum atomic E-state index is 0. The topological polar surface area (TPSA) is 67.2 Å². The minimum absolute atomic E-state index is 0. The molecule has 3 heterocycles. The molecule has 0 atom stereocenters. The van der Waals surface area contributed by atoms with Crippen molar-refractivity contribution >= 4 is 35.0 Å². The molecule has 0 radical (unpaired) electrons. The zero-order valence-electron chi connectivity index (χ0n) is 20.9. The van der Waals surface area contributed by atoms with Crippen molar-refractivity contribution in [2.45, 2.75) is 46.0 Å². The van der Waals surface area contributed by atoms with E-state index >= 15 is 0 Å². The van der Waals surface area contributed by atoms with Gasteiger partial charge in [0.2, 0.25) is 0 Å². The second kappa shape index (κ2) is 12.1. The normalized spacial score (nSPS) is 14.3. The highest BCUT2D eigenvalue weighted by molar-refractivity contribution is 6.30. The number of aromatic amines is 1. The van der Waals surface area contributed by atoms with Crippen molar-refractivity contribution in [3.05, 3.63) is 64.7 Å². The average Bonchev–Trinajstić information content (AvgIpc) is 3.49. The fourth-order valence-corrected chi connectivity index (χ4v) is 4.74. The zero-order chi connectivity index (χ0) is 24.2. The average molecular weight is 530 g/mol. The van der Waals surface area contributed by atoms with Crippen molar-refractivity contribution in [3.63, 3.8) is 0 Å². The van der Waals surface area contributed by atoms with E-state index in [9.17, 15) is 0 Å². The lowest BCUT2D eigenvalue weighted by atomic mass is 10.1. The molecule has 1 N–H and O–H groups in total. The number of piperidine rings is 1. The molecule has 0 saturated carbocycles. The standard InChI is InChI=1S/C28H33ClN4O2.ClH/c1-19(2)17-34-26-9-7-22(29)15-21(26)16-27-30-25(18-35-27)28-31-23-8-6-20(14-24(23)32-28)10-13-33-11-4-3-5-12-33;/h6-9,14-15,18-19H,3-5,10-13,16-17H2,1-2H3,(H,31,32);1H. The molecule has 192 valence electrons. The second-order valence-corrected chi connectivity index (χ2v) is 10.3. The first kappa shape index (κ1) is 26.5. The molecule has 1 aliphatic rings. The quantitative estimate of drug-likeness (QED) is 0.254. The molecule has 6 nitrogen and oxygen atoms in total. The van der Waals surface area contributed by atoms with Crippen LogP contribution in [0.4, 0.5) is 0 Å². The number of oxazole rings is 1. The van der Waals surface area contributed by atoms with Crippen molar-refractivity contribution in [3.8, 4) is 17.3 Å². The zero-order valence-corrected chi connectivity index (χ0v) is 22.5. The molecule has 0 aliphatic carbocycles. The van der Waals surface area contributed by atoms with Crippen LogP contribution in [0, 0.1) is 5.92 Å². The van der Waals surface area contributed by atoms with E-state index in [-0.39, 0.29) is 12.4 Å². The summed E-state index contributed by atoms with van der Waals surface area (Å²) in [6, 6.07) is 12.2. The number of hydrogen-bond acceptors (Lipinski definition) is 5. The maximum Gasteiger partial charge on any atom is 0.199 e. The smallest absolute Gasteiger partial charge is 0.199 e. The van der Waals surface area contributed by atoms with Crippen LogP contribution in [0.2, 0.25) is 5.02 Å². The fraction of sp³-hybridized carbons (Fsp3) is 0.429. The van der Waals surface area contributed by atoms with Crippen molar-refractivity contribution in [2.24, 2.45) is 5.92 Å². The number of imidazole rings is 1. The Labute approximate surface area is 223 Å². The van der Waals surface area contributed by atoms with E-state index in [2.05, 4.69) is 41.9 Å². The number of likely N-dealkylation sites (tertiary alicyclic amines) is 1. The first-order valence-electron chi connectivity index (χ1n) is 12.6. The molecule has 0 amide bonds. The number of fused-ring (bicyclic) bond motifs is 1. The number of nitrogens with zero attached hydrogens (tertiary/aromatic N) is 3. The first-order valence-corrected chi connectivity index (χ1v) is 13.0. The number of rotatable bonds is 9. The Morgan fingerprint density at radius 2 is 1.92 bits per heavy atom. The van der Waals surface area contributed by atoms with E-state index in [0.29, 0.717) is 41.4 Å². The van der Waals surface area contributed by atoms with Gasteiger partial charge in [-0.3, -0.25) is 0 Å². The number of aromatic nitrogens is 3. The predicted molar refractivity (Wildman–Crippen MR) is 147 cm³/mol. The Balaban J connectivity index is 0.00000304. The van der Waals surface area contributed by atoms with E-state index < -0.39 is 0 Å². The van der Waals surface area contributed by atoms with E-state index in [1.807, 2.05) is 18.2 Å². The van der Waals surface area contributed by atoms with Crippen LogP contribution in [-0.4, -0.2) is 46.1 Å². The predicted octanol–water partition coefficient (Wildman–Crippen LogP) is 6.95. The monoisotopic (exact) mass is 528 g/mol.